The first-order valence-corrected chi connectivity index (χ1v) is 7.01. The standard InChI is InChI=1S/C15H17BrN2O/c1-3-11-4-10(2)5-13(6-11)19-9-12-7-15(17)18-8-14(12)16/h4-8H,3,9H2,1-2H3,(H2,17,18). The van der Waals surface area contributed by atoms with Crippen molar-refractivity contribution in [1.82, 2.24) is 4.98 Å². The van der Waals surface area contributed by atoms with Crippen molar-refractivity contribution in [3.05, 3.63) is 51.6 Å². The Morgan fingerprint density at radius 3 is 2.79 bits per heavy atom. The summed E-state index contributed by atoms with van der Waals surface area (Å²) in [6.45, 7) is 4.69. The summed E-state index contributed by atoms with van der Waals surface area (Å²) < 4.78 is 6.75. The van der Waals surface area contributed by atoms with Crippen LogP contribution in [-0.4, -0.2) is 4.98 Å². The molecule has 4 heteroatoms. The van der Waals surface area contributed by atoms with Crippen molar-refractivity contribution in [2.45, 2.75) is 26.9 Å². The van der Waals surface area contributed by atoms with Crippen molar-refractivity contribution in [2.24, 2.45) is 0 Å². The third-order valence-corrected chi connectivity index (χ3v) is 3.58. The van der Waals surface area contributed by atoms with E-state index in [9.17, 15) is 0 Å². The third kappa shape index (κ3) is 3.70. The lowest BCUT2D eigenvalue weighted by atomic mass is 10.1. The molecule has 2 aromatic rings. The lowest BCUT2D eigenvalue weighted by molar-refractivity contribution is 0.305. The van der Waals surface area contributed by atoms with E-state index in [1.165, 1.54) is 11.1 Å². The average Bonchev–Trinajstić information content (AvgIpc) is 2.39. The van der Waals surface area contributed by atoms with Crippen LogP contribution in [0.5, 0.6) is 5.75 Å². The van der Waals surface area contributed by atoms with Gasteiger partial charge in [-0.2, -0.15) is 0 Å². The van der Waals surface area contributed by atoms with Crippen molar-refractivity contribution in [3.63, 3.8) is 0 Å². The van der Waals surface area contributed by atoms with Gasteiger partial charge in [0.1, 0.15) is 18.2 Å². The Bertz CT molecular complexity index is 584. The summed E-state index contributed by atoms with van der Waals surface area (Å²) in [5.41, 5.74) is 9.16. The van der Waals surface area contributed by atoms with Crippen LogP contribution in [-0.2, 0) is 13.0 Å². The number of ether oxygens (including phenoxy) is 1. The van der Waals surface area contributed by atoms with Gasteiger partial charge in [0.2, 0.25) is 0 Å². The number of anilines is 1. The number of nitrogens with two attached hydrogens (primary N) is 1. The maximum Gasteiger partial charge on any atom is 0.123 e. The van der Waals surface area contributed by atoms with Crippen molar-refractivity contribution in [2.75, 3.05) is 5.73 Å². The summed E-state index contributed by atoms with van der Waals surface area (Å²) in [6.07, 6.45) is 2.70. The highest BCUT2D eigenvalue weighted by Gasteiger charge is 2.04. The number of nitrogens with zero attached hydrogens (tertiary/aromatic N) is 1. The molecule has 0 bridgehead atoms. The minimum Gasteiger partial charge on any atom is -0.489 e. The number of hydrogen-bond donors (Lipinski definition) is 1. The van der Waals surface area contributed by atoms with Gasteiger partial charge in [-0.05, 0) is 58.6 Å². The summed E-state index contributed by atoms with van der Waals surface area (Å²) >= 11 is 3.45. The molecule has 0 amide bonds. The van der Waals surface area contributed by atoms with Crippen LogP contribution in [0, 0.1) is 6.92 Å². The molecule has 2 N–H and O–H groups in total. The van der Waals surface area contributed by atoms with Gasteiger partial charge in [0, 0.05) is 16.2 Å². The van der Waals surface area contributed by atoms with E-state index in [-0.39, 0.29) is 0 Å². The number of nitrogen functional groups attached to an aromatic ring is 1. The minimum absolute atomic E-state index is 0.472. The highest BCUT2D eigenvalue weighted by atomic mass is 79.9. The molecule has 0 spiro atoms. The normalized spacial score (nSPS) is 10.5. The van der Waals surface area contributed by atoms with Crippen LogP contribution in [0.4, 0.5) is 5.82 Å². The number of halogens is 1. The van der Waals surface area contributed by atoms with Crippen molar-refractivity contribution in [1.29, 1.82) is 0 Å². The Labute approximate surface area is 121 Å². The Hall–Kier alpha value is -1.55. The molecular formula is C15H17BrN2O. The van der Waals surface area contributed by atoms with Crippen LogP contribution in [0.3, 0.4) is 0 Å². The quantitative estimate of drug-likeness (QED) is 0.930. The molecule has 100 valence electrons. The molecule has 1 aromatic carbocycles. The second-order valence-electron chi connectivity index (χ2n) is 4.50. The smallest absolute Gasteiger partial charge is 0.123 e. The molecule has 1 aromatic heterocycles. The summed E-state index contributed by atoms with van der Waals surface area (Å²) in [5.74, 6) is 1.39. The number of hydrogen-bond acceptors (Lipinski definition) is 3. The lowest BCUT2D eigenvalue weighted by Crippen LogP contribution is -2.00. The molecule has 2 rings (SSSR count). The fraction of sp³-hybridized carbons (Fsp3) is 0.267. The first-order chi connectivity index (χ1) is 9.08. The van der Waals surface area contributed by atoms with Crippen LogP contribution in [0.1, 0.15) is 23.6 Å². The molecule has 0 aliphatic carbocycles. The summed E-state index contributed by atoms with van der Waals surface area (Å²) in [7, 11) is 0. The first-order valence-electron chi connectivity index (χ1n) is 6.21. The highest BCUT2D eigenvalue weighted by Crippen LogP contribution is 2.22. The molecule has 0 fully saturated rings. The molecule has 0 radical (unpaired) electrons. The van der Waals surface area contributed by atoms with Gasteiger partial charge in [-0.3, -0.25) is 0 Å². The van der Waals surface area contributed by atoms with Crippen LogP contribution < -0.4 is 10.5 Å². The molecule has 0 aliphatic heterocycles. The predicted molar refractivity (Wildman–Crippen MR) is 81.2 cm³/mol. The SMILES string of the molecule is CCc1cc(C)cc(OCc2cc(N)ncc2Br)c1. The van der Waals surface area contributed by atoms with Crippen LogP contribution in [0.2, 0.25) is 0 Å². The van der Waals surface area contributed by atoms with Gasteiger partial charge in [-0.1, -0.05) is 13.0 Å². The zero-order chi connectivity index (χ0) is 13.8. The lowest BCUT2D eigenvalue weighted by Gasteiger charge is -2.10. The van der Waals surface area contributed by atoms with E-state index < -0.39 is 0 Å². The van der Waals surface area contributed by atoms with E-state index in [4.69, 9.17) is 10.5 Å². The van der Waals surface area contributed by atoms with Crippen molar-refractivity contribution >= 4 is 21.7 Å². The average molecular weight is 321 g/mol. The largest absolute Gasteiger partial charge is 0.489 e. The van der Waals surface area contributed by atoms with Crippen molar-refractivity contribution < 1.29 is 4.74 Å². The summed E-state index contributed by atoms with van der Waals surface area (Å²) in [4.78, 5) is 4.01. The van der Waals surface area contributed by atoms with Gasteiger partial charge in [-0.15, -0.1) is 0 Å². The minimum atomic E-state index is 0.472. The number of pyridine rings is 1. The second kappa shape index (κ2) is 6.06. The molecule has 0 unspecified atom stereocenters. The van der Waals surface area contributed by atoms with E-state index in [0.717, 1.165) is 22.2 Å². The molecular weight excluding hydrogens is 304 g/mol. The van der Waals surface area contributed by atoms with Crippen LogP contribution in [0.15, 0.2) is 34.9 Å². The number of benzene rings is 1. The van der Waals surface area contributed by atoms with E-state index in [1.54, 1.807) is 6.20 Å². The zero-order valence-electron chi connectivity index (χ0n) is 11.1. The molecule has 19 heavy (non-hydrogen) atoms. The van der Waals surface area contributed by atoms with E-state index in [2.05, 4.69) is 46.9 Å². The number of aryl methyl sites for hydroxylation is 2. The zero-order valence-corrected chi connectivity index (χ0v) is 12.7. The Morgan fingerprint density at radius 2 is 2.05 bits per heavy atom. The van der Waals surface area contributed by atoms with Gasteiger partial charge in [0.25, 0.3) is 0 Å². The topological polar surface area (TPSA) is 48.1 Å². The Morgan fingerprint density at radius 1 is 1.26 bits per heavy atom. The molecule has 0 saturated heterocycles. The second-order valence-corrected chi connectivity index (χ2v) is 5.35. The van der Waals surface area contributed by atoms with Crippen molar-refractivity contribution in [3.8, 4) is 5.75 Å². The maximum absolute atomic E-state index is 5.84. The van der Waals surface area contributed by atoms with E-state index >= 15 is 0 Å². The Balaban J connectivity index is 2.14. The first kappa shape index (κ1) is 13.9. The number of rotatable bonds is 4. The Kier molecular flexibility index (Phi) is 4.43. The molecule has 0 atom stereocenters. The third-order valence-electron chi connectivity index (χ3n) is 2.87. The molecule has 0 aliphatic rings. The highest BCUT2D eigenvalue weighted by molar-refractivity contribution is 9.10. The van der Waals surface area contributed by atoms with Gasteiger partial charge < -0.3 is 10.5 Å². The summed E-state index contributed by atoms with van der Waals surface area (Å²) in [5, 5.41) is 0. The molecule has 1 heterocycles. The maximum atomic E-state index is 5.84. The summed E-state index contributed by atoms with van der Waals surface area (Å²) in [6, 6.07) is 8.11. The fourth-order valence-corrected chi connectivity index (χ4v) is 2.21. The molecule has 0 saturated carbocycles. The number of aromatic nitrogens is 1. The van der Waals surface area contributed by atoms with E-state index in [0.29, 0.717) is 12.4 Å². The monoisotopic (exact) mass is 320 g/mol. The van der Waals surface area contributed by atoms with Gasteiger partial charge in [0.05, 0.1) is 0 Å². The van der Waals surface area contributed by atoms with Crippen LogP contribution >= 0.6 is 15.9 Å². The van der Waals surface area contributed by atoms with Gasteiger partial charge in [-0.25, -0.2) is 4.98 Å². The van der Waals surface area contributed by atoms with Gasteiger partial charge >= 0.3 is 0 Å². The van der Waals surface area contributed by atoms with E-state index in [1.807, 2.05) is 12.1 Å². The van der Waals surface area contributed by atoms with Crippen LogP contribution in [0.25, 0.3) is 0 Å². The molecule has 3 nitrogen and oxygen atoms in total. The predicted octanol–water partition coefficient (Wildman–Crippen LogP) is 3.88. The van der Waals surface area contributed by atoms with Gasteiger partial charge in [0.15, 0.2) is 0 Å². The fourth-order valence-electron chi connectivity index (χ4n) is 1.88.